The summed E-state index contributed by atoms with van der Waals surface area (Å²) in [5.41, 5.74) is 6.35. The number of rotatable bonds is 5. The summed E-state index contributed by atoms with van der Waals surface area (Å²) in [5, 5.41) is 0. The van der Waals surface area contributed by atoms with Gasteiger partial charge in [-0.1, -0.05) is 39.7 Å². The standard InChI is InChI=1S/C21H18BrN3O4S/c1-14-5-11-19(12-6-14)30(28,29)25-18-4-2-3-16(13-18)21(27)24-23-20(26)15-7-9-17(22)10-8-15/h2-13,25H,1H3,(H,23,26)(H,24,27). The molecule has 0 saturated heterocycles. The van der Waals surface area contributed by atoms with Gasteiger partial charge in [0.25, 0.3) is 21.8 Å². The number of benzene rings is 3. The minimum Gasteiger partial charge on any atom is -0.280 e. The Labute approximate surface area is 182 Å². The van der Waals surface area contributed by atoms with E-state index in [0.717, 1.165) is 10.0 Å². The summed E-state index contributed by atoms with van der Waals surface area (Å²) in [4.78, 5) is 24.6. The normalized spacial score (nSPS) is 10.9. The van der Waals surface area contributed by atoms with E-state index < -0.39 is 21.8 Å². The minimum absolute atomic E-state index is 0.115. The van der Waals surface area contributed by atoms with E-state index in [0.29, 0.717) is 5.56 Å². The Kier molecular flexibility index (Phi) is 6.53. The highest BCUT2D eigenvalue weighted by atomic mass is 79.9. The topological polar surface area (TPSA) is 104 Å². The van der Waals surface area contributed by atoms with Gasteiger partial charge in [-0.05, 0) is 61.5 Å². The summed E-state index contributed by atoms with van der Waals surface area (Å²) in [6, 6.07) is 19.0. The second-order valence-electron chi connectivity index (χ2n) is 6.41. The lowest BCUT2D eigenvalue weighted by atomic mass is 10.2. The molecule has 3 N–H and O–H groups in total. The molecule has 0 aliphatic rings. The first-order valence-electron chi connectivity index (χ1n) is 8.80. The molecule has 7 nitrogen and oxygen atoms in total. The molecule has 0 atom stereocenters. The van der Waals surface area contributed by atoms with Crippen LogP contribution in [0.5, 0.6) is 0 Å². The number of halogens is 1. The lowest BCUT2D eigenvalue weighted by Crippen LogP contribution is -2.41. The molecule has 0 aromatic heterocycles. The van der Waals surface area contributed by atoms with Crippen molar-refractivity contribution in [2.24, 2.45) is 0 Å². The molecule has 3 rings (SSSR count). The molecule has 2 amide bonds. The van der Waals surface area contributed by atoms with Crippen LogP contribution in [0, 0.1) is 6.92 Å². The van der Waals surface area contributed by atoms with Gasteiger partial charge in [-0.15, -0.1) is 0 Å². The highest BCUT2D eigenvalue weighted by molar-refractivity contribution is 9.10. The molecule has 30 heavy (non-hydrogen) atoms. The van der Waals surface area contributed by atoms with Crippen LogP contribution in [-0.4, -0.2) is 20.2 Å². The van der Waals surface area contributed by atoms with Crippen molar-refractivity contribution < 1.29 is 18.0 Å². The van der Waals surface area contributed by atoms with Crippen LogP contribution >= 0.6 is 15.9 Å². The van der Waals surface area contributed by atoms with Crippen LogP contribution in [0.15, 0.2) is 82.2 Å². The van der Waals surface area contributed by atoms with Crippen molar-refractivity contribution >= 4 is 43.5 Å². The van der Waals surface area contributed by atoms with E-state index in [1.807, 2.05) is 6.92 Å². The minimum atomic E-state index is -3.79. The van der Waals surface area contributed by atoms with Gasteiger partial charge in [0.15, 0.2) is 0 Å². The Morgan fingerprint density at radius 1 is 0.800 bits per heavy atom. The predicted molar refractivity (Wildman–Crippen MR) is 118 cm³/mol. The summed E-state index contributed by atoms with van der Waals surface area (Å²) < 4.78 is 28.3. The second-order valence-corrected chi connectivity index (χ2v) is 9.01. The molecule has 0 aliphatic heterocycles. The van der Waals surface area contributed by atoms with Crippen molar-refractivity contribution in [1.82, 2.24) is 10.9 Å². The average Bonchev–Trinajstić information content (AvgIpc) is 2.72. The number of hydrogen-bond donors (Lipinski definition) is 3. The highest BCUT2D eigenvalue weighted by Crippen LogP contribution is 2.18. The number of carbonyl (C=O) groups excluding carboxylic acids is 2. The molecular weight excluding hydrogens is 470 g/mol. The number of hydrogen-bond acceptors (Lipinski definition) is 4. The molecule has 3 aromatic rings. The van der Waals surface area contributed by atoms with E-state index in [1.54, 1.807) is 42.5 Å². The monoisotopic (exact) mass is 487 g/mol. The van der Waals surface area contributed by atoms with E-state index in [1.165, 1.54) is 30.3 Å². The number of aryl methyl sites for hydroxylation is 1. The molecule has 0 radical (unpaired) electrons. The molecule has 0 bridgehead atoms. The van der Waals surface area contributed by atoms with Gasteiger partial charge in [0.05, 0.1) is 4.90 Å². The maximum absolute atomic E-state index is 12.5. The first-order valence-corrected chi connectivity index (χ1v) is 11.1. The van der Waals surface area contributed by atoms with Crippen molar-refractivity contribution in [1.29, 1.82) is 0 Å². The predicted octanol–water partition coefficient (Wildman–Crippen LogP) is 3.63. The smallest absolute Gasteiger partial charge is 0.269 e. The Morgan fingerprint density at radius 2 is 1.40 bits per heavy atom. The molecule has 0 fully saturated rings. The molecule has 0 aliphatic carbocycles. The summed E-state index contributed by atoms with van der Waals surface area (Å²) in [7, 11) is -3.79. The zero-order valence-electron chi connectivity index (χ0n) is 15.8. The van der Waals surface area contributed by atoms with Crippen molar-refractivity contribution in [3.63, 3.8) is 0 Å². The van der Waals surface area contributed by atoms with Crippen LogP contribution in [-0.2, 0) is 10.0 Å². The Balaban J connectivity index is 1.67. The number of carbonyl (C=O) groups is 2. The van der Waals surface area contributed by atoms with Crippen LogP contribution in [0.3, 0.4) is 0 Å². The first kappa shape index (κ1) is 21.5. The molecule has 3 aromatic carbocycles. The summed E-state index contributed by atoms with van der Waals surface area (Å²) in [5.74, 6) is -1.07. The molecular formula is C21H18BrN3O4S. The molecule has 154 valence electrons. The van der Waals surface area contributed by atoms with E-state index in [9.17, 15) is 18.0 Å². The zero-order valence-corrected chi connectivity index (χ0v) is 18.2. The molecule has 0 saturated carbocycles. The summed E-state index contributed by atoms with van der Waals surface area (Å²) in [6.07, 6.45) is 0. The Hall–Kier alpha value is -3.17. The van der Waals surface area contributed by atoms with Crippen LogP contribution in [0.1, 0.15) is 26.3 Å². The third-order valence-corrected chi connectivity index (χ3v) is 6.03. The van der Waals surface area contributed by atoms with Crippen molar-refractivity contribution in [2.75, 3.05) is 4.72 Å². The van der Waals surface area contributed by atoms with Gasteiger partial charge < -0.3 is 0 Å². The Bertz CT molecular complexity index is 1180. The van der Waals surface area contributed by atoms with Gasteiger partial charge in [-0.3, -0.25) is 25.2 Å². The van der Waals surface area contributed by atoms with E-state index in [2.05, 4.69) is 31.5 Å². The van der Waals surface area contributed by atoms with Gasteiger partial charge in [0, 0.05) is 21.3 Å². The number of hydrazine groups is 1. The largest absolute Gasteiger partial charge is 0.280 e. The molecule has 9 heteroatoms. The third kappa shape index (κ3) is 5.46. The van der Waals surface area contributed by atoms with Crippen LogP contribution in [0.2, 0.25) is 0 Å². The SMILES string of the molecule is Cc1ccc(S(=O)(=O)Nc2cccc(C(=O)NNC(=O)c3ccc(Br)cc3)c2)cc1. The van der Waals surface area contributed by atoms with Crippen molar-refractivity contribution in [3.8, 4) is 0 Å². The zero-order chi connectivity index (χ0) is 21.7. The first-order chi connectivity index (χ1) is 14.2. The maximum Gasteiger partial charge on any atom is 0.269 e. The van der Waals surface area contributed by atoms with E-state index in [-0.39, 0.29) is 16.1 Å². The van der Waals surface area contributed by atoms with E-state index >= 15 is 0 Å². The average molecular weight is 488 g/mol. The fourth-order valence-corrected chi connectivity index (χ4v) is 3.83. The lowest BCUT2D eigenvalue weighted by molar-refractivity contribution is 0.0846. The highest BCUT2D eigenvalue weighted by Gasteiger charge is 2.15. The number of nitrogens with one attached hydrogen (secondary N) is 3. The molecule has 0 spiro atoms. The van der Waals surface area contributed by atoms with Gasteiger partial charge in [0.2, 0.25) is 0 Å². The van der Waals surface area contributed by atoms with E-state index in [4.69, 9.17) is 0 Å². The van der Waals surface area contributed by atoms with Crippen molar-refractivity contribution in [3.05, 3.63) is 94.0 Å². The summed E-state index contributed by atoms with van der Waals surface area (Å²) in [6.45, 7) is 1.86. The molecule has 0 heterocycles. The maximum atomic E-state index is 12.5. The number of sulfonamides is 1. The quantitative estimate of drug-likeness (QED) is 0.477. The van der Waals surface area contributed by atoms with Crippen LogP contribution in [0.4, 0.5) is 5.69 Å². The van der Waals surface area contributed by atoms with Gasteiger partial charge >= 0.3 is 0 Å². The second kappa shape index (κ2) is 9.10. The lowest BCUT2D eigenvalue weighted by Gasteiger charge is -2.11. The molecule has 0 unspecified atom stereocenters. The number of anilines is 1. The van der Waals surface area contributed by atoms with Crippen LogP contribution < -0.4 is 15.6 Å². The van der Waals surface area contributed by atoms with Crippen molar-refractivity contribution in [2.45, 2.75) is 11.8 Å². The van der Waals surface area contributed by atoms with Gasteiger partial charge in [-0.2, -0.15) is 0 Å². The Morgan fingerprint density at radius 3 is 2.03 bits per heavy atom. The fraction of sp³-hybridized carbons (Fsp3) is 0.0476. The van der Waals surface area contributed by atoms with Gasteiger partial charge in [0.1, 0.15) is 0 Å². The summed E-state index contributed by atoms with van der Waals surface area (Å²) >= 11 is 3.28. The fourth-order valence-electron chi connectivity index (χ4n) is 2.51. The van der Waals surface area contributed by atoms with Gasteiger partial charge in [-0.25, -0.2) is 8.42 Å². The van der Waals surface area contributed by atoms with Crippen LogP contribution in [0.25, 0.3) is 0 Å². The number of amides is 2. The third-order valence-electron chi connectivity index (χ3n) is 4.10.